The molecule has 3 unspecified atom stereocenters. The largest absolute Gasteiger partial charge is 0.508 e. The normalized spacial score (nSPS) is 13.8. The highest BCUT2D eigenvalue weighted by Crippen LogP contribution is 2.12. The highest BCUT2D eigenvalue weighted by Gasteiger charge is 2.28. The van der Waals surface area contributed by atoms with Crippen LogP contribution in [0.1, 0.15) is 18.4 Å². The summed E-state index contributed by atoms with van der Waals surface area (Å²) in [6.07, 6.45) is -0.866. The molecule has 0 bridgehead atoms. The highest BCUT2D eigenvalue weighted by atomic mass is 16.4. The van der Waals surface area contributed by atoms with Gasteiger partial charge in [-0.25, -0.2) is 4.79 Å². The van der Waals surface area contributed by atoms with Gasteiger partial charge >= 0.3 is 11.9 Å². The number of aliphatic carboxylic acids is 2. The minimum absolute atomic E-state index is 0.00398. The van der Waals surface area contributed by atoms with Gasteiger partial charge < -0.3 is 36.8 Å². The van der Waals surface area contributed by atoms with Crippen LogP contribution in [-0.4, -0.2) is 68.9 Å². The number of carbonyl (C=O) groups excluding carboxylic acids is 2. The molecule has 1 rings (SSSR count). The Morgan fingerprint density at radius 2 is 1.54 bits per heavy atom. The minimum Gasteiger partial charge on any atom is -0.508 e. The maximum absolute atomic E-state index is 12.5. The first-order valence-electron chi connectivity index (χ1n) is 8.33. The zero-order valence-electron chi connectivity index (χ0n) is 14.9. The molecule has 0 saturated heterocycles. The first-order valence-corrected chi connectivity index (χ1v) is 8.33. The summed E-state index contributed by atoms with van der Waals surface area (Å²) in [5, 5.41) is 40.7. The molecule has 0 aliphatic heterocycles. The number of carboxylic acids is 2. The van der Waals surface area contributed by atoms with Crippen LogP contribution < -0.4 is 16.4 Å². The van der Waals surface area contributed by atoms with Gasteiger partial charge in [0, 0.05) is 12.8 Å². The maximum Gasteiger partial charge on any atom is 0.326 e. The van der Waals surface area contributed by atoms with Gasteiger partial charge in [-0.3, -0.25) is 14.4 Å². The van der Waals surface area contributed by atoms with Crippen molar-refractivity contribution in [3.8, 4) is 5.75 Å². The van der Waals surface area contributed by atoms with Crippen molar-refractivity contribution in [1.82, 2.24) is 10.6 Å². The molecule has 154 valence electrons. The van der Waals surface area contributed by atoms with E-state index < -0.39 is 54.9 Å². The lowest BCUT2D eigenvalue weighted by Gasteiger charge is -2.22. The van der Waals surface area contributed by atoms with Crippen molar-refractivity contribution < 1.29 is 39.6 Å². The van der Waals surface area contributed by atoms with E-state index in [9.17, 15) is 24.3 Å². The van der Waals surface area contributed by atoms with E-state index in [0.717, 1.165) is 0 Å². The average Bonchev–Trinajstić information content (AvgIpc) is 2.64. The third-order valence-electron chi connectivity index (χ3n) is 3.80. The number of carboxylic acid groups (broad SMARTS) is 2. The van der Waals surface area contributed by atoms with Gasteiger partial charge in [0.05, 0.1) is 6.61 Å². The number of hydrogen-bond acceptors (Lipinski definition) is 7. The van der Waals surface area contributed by atoms with Gasteiger partial charge in [-0.05, 0) is 24.1 Å². The summed E-state index contributed by atoms with van der Waals surface area (Å²) in [5.41, 5.74) is 5.97. The molecule has 0 saturated carbocycles. The van der Waals surface area contributed by atoms with Crippen LogP contribution in [-0.2, 0) is 25.6 Å². The van der Waals surface area contributed by atoms with E-state index >= 15 is 0 Å². The molecule has 2 amide bonds. The number of aromatic hydroxyl groups is 1. The first-order chi connectivity index (χ1) is 13.1. The number of hydrogen-bond donors (Lipinski definition) is 7. The quantitative estimate of drug-likeness (QED) is 0.224. The highest BCUT2D eigenvalue weighted by molar-refractivity contribution is 5.92. The Kier molecular flexibility index (Phi) is 8.85. The summed E-state index contributed by atoms with van der Waals surface area (Å²) in [5.74, 6) is -4.32. The van der Waals surface area contributed by atoms with Gasteiger partial charge in [-0.2, -0.15) is 0 Å². The number of phenolic OH excluding ortho intramolecular Hbond substituents is 1. The number of carbonyl (C=O) groups is 4. The second-order valence-corrected chi connectivity index (χ2v) is 6.05. The third-order valence-corrected chi connectivity index (χ3v) is 3.80. The van der Waals surface area contributed by atoms with Crippen molar-refractivity contribution in [2.45, 2.75) is 37.4 Å². The Labute approximate surface area is 160 Å². The molecule has 0 spiro atoms. The van der Waals surface area contributed by atoms with E-state index in [1.165, 1.54) is 24.3 Å². The molecule has 8 N–H and O–H groups in total. The number of rotatable bonds is 11. The van der Waals surface area contributed by atoms with E-state index in [2.05, 4.69) is 10.6 Å². The van der Waals surface area contributed by atoms with Gasteiger partial charge in [0.25, 0.3) is 0 Å². The van der Waals surface area contributed by atoms with Crippen LogP contribution in [0, 0.1) is 0 Å². The maximum atomic E-state index is 12.5. The Morgan fingerprint density at radius 3 is 2.04 bits per heavy atom. The molecule has 0 aliphatic rings. The number of benzene rings is 1. The topological polar surface area (TPSA) is 199 Å². The molecule has 0 heterocycles. The molecular weight excluding hydrogens is 374 g/mol. The number of phenols is 1. The van der Waals surface area contributed by atoms with E-state index in [1.54, 1.807) is 0 Å². The second kappa shape index (κ2) is 10.8. The standard InChI is InChI=1S/C17H23N3O8/c18-11(8-21)15(25)20-13(7-9-1-3-10(22)4-2-9)16(26)19-12(17(27)28)5-6-14(23)24/h1-4,11-13,21-22H,5-8,18H2,(H,19,26)(H,20,25)(H,23,24)(H,27,28). The zero-order chi connectivity index (χ0) is 21.3. The molecule has 0 aromatic heterocycles. The first kappa shape index (κ1) is 22.9. The molecule has 0 radical (unpaired) electrons. The molecule has 3 atom stereocenters. The van der Waals surface area contributed by atoms with Crippen molar-refractivity contribution in [2.75, 3.05) is 6.61 Å². The summed E-state index contributed by atoms with van der Waals surface area (Å²) in [4.78, 5) is 46.4. The Morgan fingerprint density at radius 1 is 0.964 bits per heavy atom. The summed E-state index contributed by atoms with van der Waals surface area (Å²) in [6.45, 7) is -0.657. The fraction of sp³-hybridized carbons (Fsp3) is 0.412. The van der Waals surface area contributed by atoms with Crippen molar-refractivity contribution in [3.05, 3.63) is 29.8 Å². The third kappa shape index (κ3) is 7.60. The predicted octanol–water partition coefficient (Wildman–Crippen LogP) is -1.83. The zero-order valence-corrected chi connectivity index (χ0v) is 14.9. The average molecular weight is 397 g/mol. The fourth-order valence-corrected chi connectivity index (χ4v) is 2.24. The summed E-state index contributed by atoms with van der Waals surface area (Å²) in [7, 11) is 0. The van der Waals surface area contributed by atoms with Gasteiger partial charge in [-0.1, -0.05) is 12.1 Å². The Hall–Kier alpha value is -3.18. The lowest BCUT2D eigenvalue weighted by Crippen LogP contribution is -2.55. The van der Waals surface area contributed by atoms with Crippen molar-refractivity contribution in [1.29, 1.82) is 0 Å². The predicted molar refractivity (Wildman–Crippen MR) is 95.2 cm³/mol. The van der Waals surface area contributed by atoms with Crippen LogP contribution in [0.25, 0.3) is 0 Å². The summed E-state index contributed by atoms with van der Waals surface area (Å²) < 4.78 is 0. The van der Waals surface area contributed by atoms with E-state index in [0.29, 0.717) is 5.56 Å². The van der Waals surface area contributed by atoms with Gasteiger partial charge in [0.1, 0.15) is 23.9 Å². The fourth-order valence-electron chi connectivity index (χ4n) is 2.24. The van der Waals surface area contributed by atoms with Crippen LogP contribution in [0.2, 0.25) is 0 Å². The molecule has 0 aliphatic carbocycles. The molecule has 11 nitrogen and oxygen atoms in total. The second-order valence-electron chi connectivity index (χ2n) is 6.05. The number of aliphatic hydroxyl groups excluding tert-OH is 1. The lowest BCUT2D eigenvalue weighted by atomic mass is 10.0. The van der Waals surface area contributed by atoms with E-state index in [4.69, 9.17) is 21.1 Å². The SMILES string of the molecule is NC(CO)C(=O)NC(Cc1ccc(O)cc1)C(=O)NC(CCC(=O)O)C(=O)O. The monoisotopic (exact) mass is 397 g/mol. The Balaban J connectivity index is 2.95. The van der Waals surface area contributed by atoms with Crippen molar-refractivity contribution in [2.24, 2.45) is 5.73 Å². The number of amides is 2. The van der Waals surface area contributed by atoms with Crippen LogP contribution >= 0.6 is 0 Å². The number of nitrogens with one attached hydrogen (secondary N) is 2. The van der Waals surface area contributed by atoms with Crippen molar-refractivity contribution >= 4 is 23.8 Å². The Bertz CT molecular complexity index is 707. The summed E-state index contributed by atoms with van der Waals surface area (Å²) >= 11 is 0. The van der Waals surface area contributed by atoms with E-state index in [1.807, 2.05) is 0 Å². The molecule has 1 aromatic rings. The molecule has 1 aromatic carbocycles. The smallest absolute Gasteiger partial charge is 0.326 e. The molecule has 0 fully saturated rings. The van der Waals surface area contributed by atoms with E-state index in [-0.39, 0.29) is 18.6 Å². The van der Waals surface area contributed by atoms with Crippen LogP contribution in [0.3, 0.4) is 0 Å². The molecule has 11 heteroatoms. The van der Waals surface area contributed by atoms with Gasteiger partial charge in [0.2, 0.25) is 11.8 Å². The van der Waals surface area contributed by atoms with Crippen LogP contribution in [0.15, 0.2) is 24.3 Å². The lowest BCUT2D eigenvalue weighted by molar-refractivity contribution is -0.143. The van der Waals surface area contributed by atoms with Crippen molar-refractivity contribution in [3.63, 3.8) is 0 Å². The minimum atomic E-state index is -1.46. The van der Waals surface area contributed by atoms with Crippen LogP contribution in [0.5, 0.6) is 5.75 Å². The number of nitrogens with two attached hydrogens (primary N) is 1. The molecule has 28 heavy (non-hydrogen) atoms. The number of aliphatic hydroxyl groups is 1. The molecular formula is C17H23N3O8. The van der Waals surface area contributed by atoms with Gasteiger partial charge in [0.15, 0.2) is 0 Å². The van der Waals surface area contributed by atoms with Gasteiger partial charge in [-0.15, -0.1) is 0 Å². The van der Waals surface area contributed by atoms with Crippen LogP contribution in [0.4, 0.5) is 0 Å². The summed E-state index contributed by atoms with van der Waals surface area (Å²) in [6, 6.07) is 1.78.